The predicted molar refractivity (Wildman–Crippen MR) is 96.4 cm³/mol. The van der Waals surface area contributed by atoms with E-state index in [1.165, 1.54) is 12.1 Å². The maximum Gasteiger partial charge on any atom is 0.140 e. The smallest absolute Gasteiger partial charge is 0.140 e. The molecule has 2 atom stereocenters. The molecule has 2 aromatic carbocycles. The second-order valence-corrected chi connectivity index (χ2v) is 6.69. The summed E-state index contributed by atoms with van der Waals surface area (Å²) < 4.78 is 19.3. The zero-order chi connectivity index (χ0) is 17.4. The first-order valence-electron chi connectivity index (χ1n) is 8.16. The van der Waals surface area contributed by atoms with Crippen molar-refractivity contribution in [2.75, 3.05) is 18.0 Å². The molecule has 0 saturated carbocycles. The van der Waals surface area contributed by atoms with Gasteiger partial charge in [-0.15, -0.1) is 0 Å². The fraction of sp³-hybridized carbons (Fsp3) is 0.263. The van der Waals surface area contributed by atoms with Crippen LogP contribution in [0.4, 0.5) is 10.2 Å². The van der Waals surface area contributed by atoms with Crippen molar-refractivity contribution in [1.82, 2.24) is 9.97 Å². The average Bonchev–Trinajstić information content (AvgIpc) is 2.61. The number of hydrogen-bond acceptors (Lipinski definition) is 4. The van der Waals surface area contributed by atoms with Gasteiger partial charge in [0.2, 0.25) is 0 Å². The van der Waals surface area contributed by atoms with E-state index in [4.69, 9.17) is 16.3 Å². The van der Waals surface area contributed by atoms with Gasteiger partial charge in [-0.05, 0) is 42.8 Å². The molecule has 4 nitrogen and oxygen atoms in total. The summed E-state index contributed by atoms with van der Waals surface area (Å²) in [6.07, 6.45) is 1.45. The summed E-state index contributed by atoms with van der Waals surface area (Å²) in [5.41, 5.74) is 1.77. The van der Waals surface area contributed by atoms with Crippen LogP contribution in [-0.4, -0.2) is 29.2 Å². The first-order chi connectivity index (χ1) is 12.1. The molecule has 1 fully saturated rings. The summed E-state index contributed by atoms with van der Waals surface area (Å²) >= 11 is 6.07. The Morgan fingerprint density at radius 3 is 2.72 bits per heavy atom. The second kappa shape index (κ2) is 6.58. The maximum atomic E-state index is 13.2. The van der Waals surface area contributed by atoms with Gasteiger partial charge >= 0.3 is 0 Å². The van der Waals surface area contributed by atoms with Gasteiger partial charge in [0, 0.05) is 23.5 Å². The largest absolute Gasteiger partial charge is 0.367 e. The van der Waals surface area contributed by atoms with E-state index in [-0.39, 0.29) is 18.0 Å². The Morgan fingerprint density at radius 1 is 1.12 bits per heavy atom. The quantitative estimate of drug-likeness (QED) is 0.681. The lowest BCUT2D eigenvalue weighted by atomic mass is 10.1. The monoisotopic (exact) mass is 357 g/mol. The van der Waals surface area contributed by atoms with Crippen LogP contribution in [0.1, 0.15) is 18.6 Å². The molecular formula is C19H17ClFN3O. The van der Waals surface area contributed by atoms with Gasteiger partial charge in [0.05, 0.1) is 11.6 Å². The van der Waals surface area contributed by atoms with Gasteiger partial charge < -0.3 is 9.64 Å². The van der Waals surface area contributed by atoms with Crippen LogP contribution in [0, 0.1) is 5.82 Å². The molecule has 3 aromatic rings. The number of fused-ring (bicyclic) bond motifs is 1. The number of rotatable bonds is 2. The van der Waals surface area contributed by atoms with Crippen molar-refractivity contribution in [3.8, 4) is 0 Å². The van der Waals surface area contributed by atoms with Crippen LogP contribution in [0.25, 0.3) is 10.9 Å². The second-order valence-electron chi connectivity index (χ2n) is 6.25. The molecule has 1 aliphatic rings. The molecule has 2 unspecified atom stereocenters. The summed E-state index contributed by atoms with van der Waals surface area (Å²) in [4.78, 5) is 11.0. The fourth-order valence-electron chi connectivity index (χ4n) is 3.25. The Morgan fingerprint density at radius 2 is 1.92 bits per heavy atom. The van der Waals surface area contributed by atoms with Gasteiger partial charge in [-0.1, -0.05) is 23.7 Å². The topological polar surface area (TPSA) is 38.2 Å². The number of anilines is 1. The lowest BCUT2D eigenvalue weighted by molar-refractivity contribution is -0.0175. The Labute approximate surface area is 150 Å². The van der Waals surface area contributed by atoms with Crippen molar-refractivity contribution in [1.29, 1.82) is 0 Å². The minimum absolute atomic E-state index is 0.0288. The first kappa shape index (κ1) is 16.2. The van der Waals surface area contributed by atoms with Crippen molar-refractivity contribution in [2.45, 2.75) is 19.1 Å². The lowest BCUT2D eigenvalue weighted by Gasteiger charge is -2.38. The third kappa shape index (κ3) is 3.30. The first-order valence-corrected chi connectivity index (χ1v) is 8.54. The average molecular weight is 358 g/mol. The number of aromatic nitrogens is 2. The molecule has 25 heavy (non-hydrogen) atoms. The molecule has 6 heteroatoms. The predicted octanol–water partition coefficient (Wildman–Crippen LogP) is 4.39. The Kier molecular flexibility index (Phi) is 4.27. The zero-order valence-corrected chi connectivity index (χ0v) is 14.4. The highest BCUT2D eigenvalue weighted by Gasteiger charge is 2.28. The minimum atomic E-state index is -0.247. The highest BCUT2D eigenvalue weighted by molar-refractivity contribution is 6.31. The maximum absolute atomic E-state index is 13.2. The van der Waals surface area contributed by atoms with Crippen LogP contribution in [-0.2, 0) is 4.74 Å². The molecule has 0 radical (unpaired) electrons. The van der Waals surface area contributed by atoms with Gasteiger partial charge in [-0.2, -0.15) is 0 Å². The molecular weight excluding hydrogens is 341 g/mol. The number of benzene rings is 2. The van der Waals surface area contributed by atoms with Gasteiger partial charge in [0.25, 0.3) is 0 Å². The number of morpholine rings is 1. The van der Waals surface area contributed by atoms with E-state index in [0.717, 1.165) is 28.8 Å². The summed E-state index contributed by atoms with van der Waals surface area (Å²) in [6.45, 7) is 3.40. The molecule has 0 N–H and O–H groups in total. The standard InChI is InChI=1S/C19H17ClFN3O/c1-12-9-24(10-18(25-12)13-2-5-15(21)6-3-13)19-16-7-4-14(20)8-17(16)22-11-23-19/h2-8,11-12,18H,9-10H2,1H3. The molecule has 0 amide bonds. The Balaban J connectivity index is 1.69. The molecule has 0 bridgehead atoms. The van der Waals surface area contributed by atoms with Crippen molar-refractivity contribution >= 4 is 28.3 Å². The van der Waals surface area contributed by atoms with Gasteiger partial charge in [-0.25, -0.2) is 14.4 Å². The van der Waals surface area contributed by atoms with Gasteiger partial charge in [0.15, 0.2) is 0 Å². The van der Waals surface area contributed by atoms with Crippen molar-refractivity contribution in [3.05, 3.63) is 65.2 Å². The van der Waals surface area contributed by atoms with Crippen LogP contribution in [0.5, 0.6) is 0 Å². The number of hydrogen-bond donors (Lipinski definition) is 0. The normalized spacial score (nSPS) is 20.8. The van der Waals surface area contributed by atoms with E-state index in [9.17, 15) is 4.39 Å². The van der Waals surface area contributed by atoms with Gasteiger partial charge in [0.1, 0.15) is 24.1 Å². The minimum Gasteiger partial charge on any atom is -0.367 e. The summed E-state index contributed by atoms with van der Waals surface area (Å²) in [5, 5.41) is 1.61. The van der Waals surface area contributed by atoms with Crippen LogP contribution in [0.15, 0.2) is 48.8 Å². The van der Waals surface area contributed by atoms with E-state index in [2.05, 4.69) is 14.9 Å². The molecule has 4 rings (SSSR count). The molecule has 2 heterocycles. The summed E-state index contributed by atoms with van der Waals surface area (Å²) in [6, 6.07) is 12.1. The Hall–Kier alpha value is -2.24. The lowest BCUT2D eigenvalue weighted by Crippen LogP contribution is -2.43. The van der Waals surface area contributed by atoms with E-state index >= 15 is 0 Å². The van der Waals surface area contributed by atoms with Gasteiger partial charge in [-0.3, -0.25) is 0 Å². The van der Waals surface area contributed by atoms with E-state index in [1.54, 1.807) is 18.5 Å². The highest BCUT2D eigenvalue weighted by Crippen LogP contribution is 2.31. The molecule has 128 valence electrons. The molecule has 1 aliphatic heterocycles. The molecule has 0 aliphatic carbocycles. The SMILES string of the molecule is CC1CN(c2ncnc3cc(Cl)ccc23)CC(c2ccc(F)cc2)O1. The molecule has 1 saturated heterocycles. The Bertz CT molecular complexity index is 903. The number of ether oxygens (including phenoxy) is 1. The van der Waals surface area contributed by atoms with Crippen LogP contribution in [0.3, 0.4) is 0 Å². The van der Waals surface area contributed by atoms with E-state index in [0.29, 0.717) is 11.6 Å². The van der Waals surface area contributed by atoms with Crippen molar-refractivity contribution < 1.29 is 9.13 Å². The zero-order valence-electron chi connectivity index (χ0n) is 13.7. The van der Waals surface area contributed by atoms with Crippen molar-refractivity contribution in [2.24, 2.45) is 0 Å². The third-order valence-corrected chi connectivity index (χ3v) is 4.61. The number of nitrogens with zero attached hydrogens (tertiary/aromatic N) is 3. The van der Waals surface area contributed by atoms with E-state index < -0.39 is 0 Å². The van der Waals surface area contributed by atoms with E-state index in [1.807, 2.05) is 25.1 Å². The van der Waals surface area contributed by atoms with Crippen LogP contribution >= 0.6 is 11.6 Å². The summed E-state index contributed by atoms with van der Waals surface area (Å²) in [5.74, 6) is 0.618. The fourth-order valence-corrected chi connectivity index (χ4v) is 3.42. The number of halogens is 2. The summed E-state index contributed by atoms with van der Waals surface area (Å²) in [7, 11) is 0. The van der Waals surface area contributed by atoms with Crippen molar-refractivity contribution in [3.63, 3.8) is 0 Å². The molecule has 1 aromatic heterocycles. The van der Waals surface area contributed by atoms with Crippen LogP contribution < -0.4 is 4.90 Å². The third-order valence-electron chi connectivity index (χ3n) is 4.38. The molecule has 0 spiro atoms. The van der Waals surface area contributed by atoms with Crippen LogP contribution in [0.2, 0.25) is 5.02 Å². The highest BCUT2D eigenvalue weighted by atomic mass is 35.5.